The number of aliphatic hydroxyl groups excluding tert-OH is 1. The second-order valence-corrected chi connectivity index (χ2v) is 3.82. The molecule has 1 aromatic carbocycles. The summed E-state index contributed by atoms with van der Waals surface area (Å²) >= 11 is 0. The Labute approximate surface area is 106 Å². The highest BCUT2D eigenvalue weighted by Crippen LogP contribution is 2.34. The molecule has 1 aromatic heterocycles. The van der Waals surface area contributed by atoms with E-state index in [9.17, 15) is 23.4 Å². The lowest BCUT2D eigenvalue weighted by Crippen LogP contribution is -2.08. The normalized spacial score (nSPS) is 12.2. The standard InChI is InChI=1S/C12H10F3NO3/c1-19-8-4-2-7(11(17)18)6-3-5-9(12(13,14)15)16-10(6)8/h2-5,11,17-18H,1H3. The molecule has 0 saturated heterocycles. The maximum absolute atomic E-state index is 12.6. The van der Waals surface area contributed by atoms with Gasteiger partial charge in [0.1, 0.15) is 17.0 Å². The second kappa shape index (κ2) is 4.67. The number of aromatic nitrogens is 1. The average Bonchev–Trinajstić information content (AvgIpc) is 2.35. The van der Waals surface area contributed by atoms with Crippen LogP contribution < -0.4 is 4.74 Å². The van der Waals surface area contributed by atoms with Crippen molar-refractivity contribution in [3.63, 3.8) is 0 Å². The van der Waals surface area contributed by atoms with Crippen LogP contribution >= 0.6 is 0 Å². The predicted molar refractivity (Wildman–Crippen MR) is 60.5 cm³/mol. The van der Waals surface area contributed by atoms with E-state index in [4.69, 9.17) is 4.74 Å². The van der Waals surface area contributed by atoms with Crippen LogP contribution in [0.4, 0.5) is 13.2 Å². The van der Waals surface area contributed by atoms with Crippen LogP contribution in [0.2, 0.25) is 0 Å². The number of methoxy groups -OCH3 is 1. The van der Waals surface area contributed by atoms with E-state index in [0.717, 1.165) is 12.1 Å². The first kappa shape index (κ1) is 13.6. The van der Waals surface area contributed by atoms with Gasteiger partial charge in [0.2, 0.25) is 0 Å². The van der Waals surface area contributed by atoms with E-state index in [1.165, 1.54) is 19.2 Å². The van der Waals surface area contributed by atoms with Crippen LogP contribution in [-0.2, 0) is 6.18 Å². The first-order valence-electron chi connectivity index (χ1n) is 5.25. The summed E-state index contributed by atoms with van der Waals surface area (Å²) in [6.45, 7) is 0. The van der Waals surface area contributed by atoms with E-state index in [1.807, 2.05) is 0 Å². The Hall–Kier alpha value is -1.86. The van der Waals surface area contributed by atoms with E-state index in [2.05, 4.69) is 4.98 Å². The summed E-state index contributed by atoms with van der Waals surface area (Å²) in [7, 11) is 1.30. The Morgan fingerprint density at radius 3 is 2.37 bits per heavy atom. The van der Waals surface area contributed by atoms with E-state index in [-0.39, 0.29) is 22.2 Å². The molecule has 0 atom stereocenters. The zero-order chi connectivity index (χ0) is 14.2. The van der Waals surface area contributed by atoms with Gasteiger partial charge in [0, 0.05) is 10.9 Å². The predicted octanol–water partition coefficient (Wildman–Crippen LogP) is 2.25. The molecule has 19 heavy (non-hydrogen) atoms. The monoisotopic (exact) mass is 273 g/mol. The summed E-state index contributed by atoms with van der Waals surface area (Å²) in [4.78, 5) is 3.49. The molecule has 102 valence electrons. The third kappa shape index (κ3) is 2.47. The highest BCUT2D eigenvalue weighted by atomic mass is 19.4. The van der Waals surface area contributed by atoms with Crippen molar-refractivity contribution in [1.29, 1.82) is 0 Å². The lowest BCUT2D eigenvalue weighted by molar-refractivity contribution is -0.140. The molecule has 0 aliphatic carbocycles. The van der Waals surface area contributed by atoms with Gasteiger partial charge in [0.15, 0.2) is 6.29 Å². The van der Waals surface area contributed by atoms with Crippen LogP contribution in [0.25, 0.3) is 10.9 Å². The summed E-state index contributed by atoms with van der Waals surface area (Å²) in [5, 5.41) is 18.6. The highest BCUT2D eigenvalue weighted by molar-refractivity contribution is 5.88. The number of rotatable bonds is 2. The Kier molecular flexibility index (Phi) is 3.34. The van der Waals surface area contributed by atoms with E-state index in [0.29, 0.717) is 0 Å². The zero-order valence-electron chi connectivity index (χ0n) is 9.77. The summed E-state index contributed by atoms with van der Waals surface area (Å²) in [5.41, 5.74) is -1.07. The van der Waals surface area contributed by atoms with Crippen molar-refractivity contribution in [3.05, 3.63) is 35.5 Å². The second-order valence-electron chi connectivity index (χ2n) is 3.82. The van der Waals surface area contributed by atoms with Gasteiger partial charge in [-0.3, -0.25) is 0 Å². The molecule has 0 unspecified atom stereocenters. The maximum Gasteiger partial charge on any atom is 0.433 e. The number of hydrogen-bond donors (Lipinski definition) is 2. The number of pyridine rings is 1. The van der Waals surface area contributed by atoms with Gasteiger partial charge in [-0.15, -0.1) is 0 Å². The Bertz CT molecular complexity index is 611. The Balaban J connectivity index is 2.76. The molecule has 2 N–H and O–H groups in total. The number of halogens is 3. The molecule has 0 spiro atoms. The van der Waals surface area contributed by atoms with Crippen LogP contribution in [0.5, 0.6) is 5.75 Å². The van der Waals surface area contributed by atoms with Crippen molar-refractivity contribution in [1.82, 2.24) is 4.98 Å². The molecular weight excluding hydrogens is 263 g/mol. The van der Waals surface area contributed by atoms with Gasteiger partial charge in [0.05, 0.1) is 7.11 Å². The third-order valence-corrected chi connectivity index (χ3v) is 2.64. The Morgan fingerprint density at radius 2 is 1.84 bits per heavy atom. The smallest absolute Gasteiger partial charge is 0.433 e. The number of benzene rings is 1. The number of nitrogens with zero attached hydrogens (tertiary/aromatic N) is 1. The maximum atomic E-state index is 12.6. The molecule has 0 amide bonds. The van der Waals surface area contributed by atoms with Gasteiger partial charge in [0.25, 0.3) is 0 Å². The van der Waals surface area contributed by atoms with Gasteiger partial charge in [-0.05, 0) is 18.2 Å². The van der Waals surface area contributed by atoms with E-state index in [1.54, 1.807) is 0 Å². The molecule has 0 fully saturated rings. The minimum atomic E-state index is -4.58. The van der Waals surface area contributed by atoms with Gasteiger partial charge in [-0.25, -0.2) is 4.98 Å². The number of ether oxygens (including phenoxy) is 1. The van der Waals surface area contributed by atoms with Crippen molar-refractivity contribution in [2.24, 2.45) is 0 Å². The van der Waals surface area contributed by atoms with Crippen LogP contribution in [0.3, 0.4) is 0 Å². The largest absolute Gasteiger partial charge is 0.494 e. The van der Waals surface area contributed by atoms with Crippen molar-refractivity contribution in [3.8, 4) is 5.75 Å². The fourth-order valence-corrected chi connectivity index (χ4v) is 1.76. The third-order valence-electron chi connectivity index (χ3n) is 2.64. The van der Waals surface area contributed by atoms with Gasteiger partial charge >= 0.3 is 6.18 Å². The highest BCUT2D eigenvalue weighted by Gasteiger charge is 2.33. The quantitative estimate of drug-likeness (QED) is 0.824. The molecule has 0 radical (unpaired) electrons. The zero-order valence-corrected chi connectivity index (χ0v) is 9.77. The molecular formula is C12H10F3NO3. The summed E-state index contributed by atoms with van der Waals surface area (Å²) in [6, 6.07) is 4.63. The molecule has 0 aliphatic heterocycles. The van der Waals surface area contributed by atoms with Crippen molar-refractivity contribution in [2.75, 3.05) is 7.11 Å². The lowest BCUT2D eigenvalue weighted by atomic mass is 10.1. The van der Waals surface area contributed by atoms with Crippen LogP contribution in [-0.4, -0.2) is 22.3 Å². The average molecular weight is 273 g/mol. The van der Waals surface area contributed by atoms with Crippen molar-refractivity contribution >= 4 is 10.9 Å². The van der Waals surface area contributed by atoms with Crippen LogP contribution in [0.15, 0.2) is 24.3 Å². The van der Waals surface area contributed by atoms with Gasteiger partial charge in [-0.2, -0.15) is 13.2 Å². The summed E-state index contributed by atoms with van der Waals surface area (Å²) in [6.07, 6.45) is -6.38. The number of hydrogen-bond acceptors (Lipinski definition) is 4. The summed E-state index contributed by atoms with van der Waals surface area (Å²) in [5.74, 6) is 0.130. The molecule has 2 aromatic rings. The number of alkyl halides is 3. The molecule has 0 bridgehead atoms. The number of fused-ring (bicyclic) bond motifs is 1. The Morgan fingerprint density at radius 1 is 1.16 bits per heavy atom. The minimum absolute atomic E-state index is 0.0667. The number of aliphatic hydroxyl groups is 2. The van der Waals surface area contributed by atoms with Crippen LogP contribution in [0, 0.1) is 0 Å². The minimum Gasteiger partial charge on any atom is -0.494 e. The van der Waals surface area contributed by atoms with Gasteiger partial charge in [-0.1, -0.05) is 6.07 Å². The van der Waals surface area contributed by atoms with E-state index < -0.39 is 18.2 Å². The van der Waals surface area contributed by atoms with E-state index >= 15 is 0 Å². The first-order chi connectivity index (χ1) is 8.84. The molecule has 0 saturated carbocycles. The molecule has 1 heterocycles. The SMILES string of the molecule is COc1ccc(C(O)O)c2ccc(C(F)(F)F)nc12. The first-order valence-corrected chi connectivity index (χ1v) is 5.25. The van der Waals surface area contributed by atoms with Gasteiger partial charge < -0.3 is 14.9 Å². The molecule has 7 heteroatoms. The van der Waals surface area contributed by atoms with Crippen LogP contribution in [0.1, 0.15) is 17.5 Å². The molecule has 4 nitrogen and oxygen atoms in total. The molecule has 0 aliphatic rings. The fourth-order valence-electron chi connectivity index (χ4n) is 1.76. The summed E-state index contributed by atoms with van der Waals surface area (Å²) < 4.78 is 42.8. The van der Waals surface area contributed by atoms with Crippen molar-refractivity contribution < 1.29 is 28.1 Å². The lowest BCUT2D eigenvalue weighted by Gasteiger charge is -2.13. The topological polar surface area (TPSA) is 62.6 Å². The van der Waals surface area contributed by atoms with Crippen molar-refractivity contribution in [2.45, 2.75) is 12.5 Å². The fraction of sp³-hybridized carbons (Fsp3) is 0.250. The molecule has 2 rings (SSSR count).